The first-order valence-electron chi connectivity index (χ1n) is 7.85. The molecule has 0 radical (unpaired) electrons. The second kappa shape index (κ2) is 5.78. The Balaban J connectivity index is 1.87. The highest BCUT2D eigenvalue weighted by molar-refractivity contribution is 6.05. The van der Waals surface area contributed by atoms with Crippen molar-refractivity contribution in [3.63, 3.8) is 0 Å². The number of hydrogen-bond acceptors (Lipinski definition) is 3. The van der Waals surface area contributed by atoms with Gasteiger partial charge in [-0.3, -0.25) is 4.79 Å². The Labute approximate surface area is 139 Å². The van der Waals surface area contributed by atoms with Crippen LogP contribution in [0.5, 0.6) is 0 Å². The average molecular weight is 312 g/mol. The number of benzene rings is 1. The molecule has 1 aliphatic heterocycles. The number of aromatic nitrogens is 1. The predicted molar refractivity (Wildman–Crippen MR) is 98.1 cm³/mol. The van der Waals surface area contributed by atoms with E-state index in [1.165, 1.54) is 10.9 Å². The standard InChI is InChI=1S/C21H16N2O/c1-23-14-4-7-18-15(5-2-8-19(18)23)10-12-17-13-11-16-6-3-9-20(24)21(16)22-17/h2-14H,1H3. The fourth-order valence-electron chi connectivity index (χ4n) is 2.96. The molecule has 24 heavy (non-hydrogen) atoms. The van der Waals surface area contributed by atoms with Crippen LogP contribution in [0.3, 0.4) is 0 Å². The predicted octanol–water partition coefficient (Wildman–Crippen LogP) is 0.620. The summed E-state index contributed by atoms with van der Waals surface area (Å²) in [6, 6.07) is 10.1. The van der Waals surface area contributed by atoms with E-state index in [0.717, 1.165) is 15.8 Å². The Hall–Kier alpha value is -3.20. The van der Waals surface area contributed by atoms with Gasteiger partial charge in [0.2, 0.25) is 5.78 Å². The molecule has 1 aliphatic carbocycles. The molecule has 3 heteroatoms. The van der Waals surface area contributed by atoms with Crippen LogP contribution in [-0.2, 0) is 0 Å². The average Bonchev–Trinajstić information content (AvgIpc) is 2.61. The van der Waals surface area contributed by atoms with Crippen molar-refractivity contribution >= 4 is 35.8 Å². The van der Waals surface area contributed by atoms with E-state index in [-0.39, 0.29) is 5.78 Å². The molecule has 3 nitrogen and oxygen atoms in total. The fourth-order valence-corrected chi connectivity index (χ4v) is 2.96. The monoisotopic (exact) mass is 312 g/mol. The van der Waals surface area contributed by atoms with E-state index in [9.17, 15) is 4.79 Å². The number of allylic oxidation sites excluding steroid dienone is 3. The minimum atomic E-state index is -0.0417. The van der Waals surface area contributed by atoms with Crippen molar-refractivity contribution in [2.24, 2.45) is 0 Å². The first-order valence-corrected chi connectivity index (χ1v) is 7.85. The number of pyridine rings is 1. The van der Waals surface area contributed by atoms with Crippen molar-refractivity contribution in [3.05, 3.63) is 81.5 Å². The number of fused-ring (bicyclic) bond motifs is 2. The summed E-state index contributed by atoms with van der Waals surface area (Å²) in [6.45, 7) is 0. The van der Waals surface area contributed by atoms with Crippen LogP contribution in [0.4, 0.5) is 5.69 Å². The molecule has 0 saturated heterocycles. The van der Waals surface area contributed by atoms with Crippen molar-refractivity contribution in [3.8, 4) is 0 Å². The van der Waals surface area contributed by atoms with Crippen LogP contribution in [0.1, 0.15) is 10.5 Å². The third-order valence-corrected chi connectivity index (χ3v) is 4.21. The maximum Gasteiger partial charge on any atom is 0.204 e. The zero-order valence-corrected chi connectivity index (χ0v) is 13.3. The molecule has 0 N–H and O–H groups in total. The van der Waals surface area contributed by atoms with Crippen LogP contribution in [-0.4, -0.2) is 17.8 Å². The normalized spacial score (nSPS) is 16.5. The van der Waals surface area contributed by atoms with Crippen molar-refractivity contribution in [2.75, 3.05) is 11.9 Å². The van der Waals surface area contributed by atoms with E-state index in [2.05, 4.69) is 28.1 Å². The third-order valence-electron chi connectivity index (χ3n) is 4.21. The van der Waals surface area contributed by atoms with Gasteiger partial charge in [-0.2, -0.15) is 0 Å². The lowest BCUT2D eigenvalue weighted by molar-refractivity contribution is 0.104. The second-order valence-electron chi connectivity index (χ2n) is 5.80. The van der Waals surface area contributed by atoms with E-state index in [0.29, 0.717) is 5.69 Å². The van der Waals surface area contributed by atoms with Gasteiger partial charge in [-0.1, -0.05) is 42.5 Å². The van der Waals surface area contributed by atoms with Crippen LogP contribution in [0.2, 0.25) is 0 Å². The van der Waals surface area contributed by atoms with E-state index in [1.807, 2.05) is 55.8 Å². The fraction of sp³-hybridized carbons (Fsp3) is 0.0476. The molecule has 0 bridgehead atoms. The maximum atomic E-state index is 11.9. The van der Waals surface area contributed by atoms with Crippen molar-refractivity contribution in [2.45, 2.75) is 0 Å². The molecule has 2 aromatic rings. The molecule has 2 heterocycles. The molecule has 4 rings (SSSR count). The summed E-state index contributed by atoms with van der Waals surface area (Å²) < 4.78 is 0. The van der Waals surface area contributed by atoms with Gasteiger partial charge < -0.3 is 4.90 Å². The molecular formula is C21H16N2O. The molecular weight excluding hydrogens is 296 g/mol. The van der Waals surface area contributed by atoms with Gasteiger partial charge in [-0.25, -0.2) is 4.98 Å². The van der Waals surface area contributed by atoms with E-state index < -0.39 is 0 Å². The molecule has 0 fully saturated rings. The summed E-state index contributed by atoms with van der Waals surface area (Å²) in [4.78, 5) is 18.5. The Bertz CT molecular complexity index is 1140. The Morgan fingerprint density at radius 3 is 2.88 bits per heavy atom. The summed E-state index contributed by atoms with van der Waals surface area (Å²) in [5, 5.41) is 3.96. The molecule has 0 atom stereocenters. The zero-order chi connectivity index (χ0) is 16.5. The number of anilines is 1. The van der Waals surface area contributed by atoms with Gasteiger partial charge in [0.1, 0.15) is 5.69 Å². The van der Waals surface area contributed by atoms with Crippen LogP contribution < -0.4 is 25.9 Å². The van der Waals surface area contributed by atoms with Crippen LogP contribution in [0.25, 0.3) is 24.3 Å². The van der Waals surface area contributed by atoms with Gasteiger partial charge in [0.15, 0.2) is 0 Å². The highest BCUT2D eigenvalue weighted by Gasteiger charge is 2.07. The molecule has 116 valence electrons. The van der Waals surface area contributed by atoms with Gasteiger partial charge in [-0.05, 0) is 35.6 Å². The van der Waals surface area contributed by atoms with E-state index >= 15 is 0 Å². The van der Waals surface area contributed by atoms with Gasteiger partial charge in [-0.15, -0.1) is 0 Å². The summed E-state index contributed by atoms with van der Waals surface area (Å²) in [6.07, 6.45) is 15.4. The number of carbonyl (C=O) groups excluding carboxylic acids is 1. The van der Waals surface area contributed by atoms with Crippen LogP contribution in [0, 0.1) is 0 Å². The molecule has 0 unspecified atom stereocenters. The lowest BCUT2D eigenvalue weighted by Gasteiger charge is -2.17. The van der Waals surface area contributed by atoms with Crippen molar-refractivity contribution < 1.29 is 4.79 Å². The van der Waals surface area contributed by atoms with Crippen molar-refractivity contribution in [1.29, 1.82) is 0 Å². The Kier molecular flexibility index (Phi) is 3.47. The quantitative estimate of drug-likeness (QED) is 0.774. The minimum absolute atomic E-state index is 0.0417. The lowest BCUT2D eigenvalue weighted by Crippen LogP contribution is -2.32. The molecule has 0 spiro atoms. The van der Waals surface area contributed by atoms with Crippen LogP contribution in [0.15, 0.2) is 54.8 Å². The molecule has 1 aromatic carbocycles. The topological polar surface area (TPSA) is 33.2 Å². The molecule has 2 aliphatic rings. The van der Waals surface area contributed by atoms with Crippen LogP contribution >= 0.6 is 0 Å². The third kappa shape index (κ3) is 2.50. The lowest BCUT2D eigenvalue weighted by atomic mass is 10.1. The van der Waals surface area contributed by atoms with Gasteiger partial charge in [0, 0.05) is 29.4 Å². The van der Waals surface area contributed by atoms with E-state index in [1.54, 1.807) is 12.2 Å². The SMILES string of the molecule is CN1C=CC=c2c1cccc2=CC=c1ccc2c(n1)C(=O)C=CC=2. The Morgan fingerprint density at radius 1 is 1.04 bits per heavy atom. The molecule has 0 saturated carbocycles. The van der Waals surface area contributed by atoms with Gasteiger partial charge in [0.25, 0.3) is 0 Å². The second-order valence-corrected chi connectivity index (χ2v) is 5.80. The highest BCUT2D eigenvalue weighted by atomic mass is 16.1. The summed E-state index contributed by atoms with van der Waals surface area (Å²) in [7, 11) is 2.04. The maximum absolute atomic E-state index is 11.9. The smallest absolute Gasteiger partial charge is 0.204 e. The first kappa shape index (κ1) is 14.4. The van der Waals surface area contributed by atoms with Crippen molar-refractivity contribution in [1.82, 2.24) is 4.98 Å². The number of hydrogen-bond donors (Lipinski definition) is 0. The zero-order valence-electron chi connectivity index (χ0n) is 13.3. The highest BCUT2D eigenvalue weighted by Crippen LogP contribution is 2.07. The number of rotatable bonds is 1. The van der Waals surface area contributed by atoms with Gasteiger partial charge >= 0.3 is 0 Å². The largest absolute Gasteiger partial charge is 0.351 e. The molecule has 1 aromatic heterocycles. The number of ketones is 1. The summed E-state index contributed by atoms with van der Waals surface area (Å²) in [5.41, 5.74) is 1.69. The first-order chi connectivity index (χ1) is 11.7. The van der Waals surface area contributed by atoms with Gasteiger partial charge in [0.05, 0.1) is 5.35 Å². The van der Waals surface area contributed by atoms with E-state index in [4.69, 9.17) is 0 Å². The summed E-state index contributed by atoms with van der Waals surface area (Å²) >= 11 is 0. The molecule has 0 amide bonds. The number of carbonyl (C=O) groups is 1. The Morgan fingerprint density at radius 2 is 1.96 bits per heavy atom. The number of nitrogens with zero attached hydrogens (tertiary/aromatic N) is 2. The summed E-state index contributed by atoms with van der Waals surface area (Å²) in [5.74, 6) is -0.0417. The minimum Gasteiger partial charge on any atom is -0.351 e.